The molecular weight excluding hydrogens is 216 g/mol. The summed E-state index contributed by atoms with van der Waals surface area (Å²) in [4.78, 5) is 11.1. The van der Waals surface area contributed by atoms with Gasteiger partial charge < -0.3 is 9.84 Å². The highest BCUT2D eigenvalue weighted by Crippen LogP contribution is 2.26. The van der Waals surface area contributed by atoms with Crippen molar-refractivity contribution in [3.63, 3.8) is 0 Å². The molecular formula is C14H20O3. The number of benzene rings is 1. The molecule has 1 unspecified atom stereocenters. The van der Waals surface area contributed by atoms with Gasteiger partial charge in [0.25, 0.3) is 0 Å². The van der Waals surface area contributed by atoms with Crippen molar-refractivity contribution in [2.24, 2.45) is 11.3 Å². The largest absolute Gasteiger partial charge is 0.481 e. The van der Waals surface area contributed by atoms with E-state index in [1.165, 1.54) is 0 Å². The zero-order chi connectivity index (χ0) is 12.9. The summed E-state index contributed by atoms with van der Waals surface area (Å²) in [7, 11) is 0. The third kappa shape index (κ3) is 4.57. The number of hydrogen-bond donors (Lipinski definition) is 1. The molecule has 0 saturated heterocycles. The number of carboxylic acid groups (broad SMARTS) is 1. The normalized spacial score (nSPS) is 13.4. The van der Waals surface area contributed by atoms with Crippen LogP contribution in [0.1, 0.15) is 26.3 Å². The maximum absolute atomic E-state index is 11.1. The zero-order valence-corrected chi connectivity index (χ0v) is 10.6. The maximum atomic E-state index is 11.1. The van der Waals surface area contributed by atoms with E-state index in [2.05, 4.69) is 0 Å². The van der Waals surface area contributed by atoms with Crippen LogP contribution in [0.3, 0.4) is 0 Å². The van der Waals surface area contributed by atoms with Crippen molar-refractivity contribution in [1.82, 2.24) is 0 Å². The Morgan fingerprint density at radius 1 is 1.29 bits per heavy atom. The van der Waals surface area contributed by atoms with Gasteiger partial charge in [0.2, 0.25) is 0 Å². The Labute approximate surface area is 102 Å². The molecule has 1 aromatic carbocycles. The second-order valence-corrected chi connectivity index (χ2v) is 5.26. The van der Waals surface area contributed by atoms with Crippen LogP contribution in [0, 0.1) is 11.3 Å². The molecule has 0 heterocycles. The standard InChI is InChI=1S/C14H20O3/c1-14(2,3)12(13(15)16)10-17-9-11-7-5-4-6-8-11/h4-8,12H,9-10H2,1-3H3,(H,15,16). The van der Waals surface area contributed by atoms with Crippen molar-refractivity contribution in [2.45, 2.75) is 27.4 Å². The van der Waals surface area contributed by atoms with Crippen LogP contribution in [0.4, 0.5) is 0 Å². The molecule has 3 nitrogen and oxygen atoms in total. The van der Waals surface area contributed by atoms with Gasteiger partial charge in [-0.1, -0.05) is 51.1 Å². The molecule has 94 valence electrons. The summed E-state index contributed by atoms with van der Waals surface area (Å²) in [5.74, 6) is -1.28. The fraction of sp³-hybridized carbons (Fsp3) is 0.500. The summed E-state index contributed by atoms with van der Waals surface area (Å²) in [6.07, 6.45) is 0. The average molecular weight is 236 g/mol. The van der Waals surface area contributed by atoms with E-state index in [9.17, 15) is 4.79 Å². The minimum atomic E-state index is -0.800. The van der Waals surface area contributed by atoms with Gasteiger partial charge in [0.05, 0.1) is 19.1 Å². The lowest BCUT2D eigenvalue weighted by Crippen LogP contribution is -2.32. The highest BCUT2D eigenvalue weighted by Gasteiger charge is 2.31. The van der Waals surface area contributed by atoms with E-state index < -0.39 is 11.9 Å². The Morgan fingerprint density at radius 2 is 1.88 bits per heavy atom. The minimum absolute atomic E-state index is 0.244. The topological polar surface area (TPSA) is 46.5 Å². The first-order valence-corrected chi connectivity index (χ1v) is 5.75. The fourth-order valence-corrected chi connectivity index (χ4v) is 1.56. The molecule has 0 aliphatic carbocycles. The maximum Gasteiger partial charge on any atom is 0.309 e. The van der Waals surface area contributed by atoms with Crippen LogP contribution in [0.2, 0.25) is 0 Å². The fourth-order valence-electron chi connectivity index (χ4n) is 1.56. The van der Waals surface area contributed by atoms with E-state index in [0.29, 0.717) is 6.61 Å². The van der Waals surface area contributed by atoms with Crippen LogP contribution in [0.5, 0.6) is 0 Å². The van der Waals surface area contributed by atoms with Crippen molar-refractivity contribution in [3.05, 3.63) is 35.9 Å². The Morgan fingerprint density at radius 3 is 2.35 bits per heavy atom. The summed E-state index contributed by atoms with van der Waals surface area (Å²) in [6.45, 7) is 6.45. The lowest BCUT2D eigenvalue weighted by atomic mass is 9.81. The second kappa shape index (κ2) is 5.82. The Bertz CT molecular complexity index is 351. The van der Waals surface area contributed by atoms with Crippen LogP contribution in [-0.4, -0.2) is 17.7 Å². The molecule has 1 rings (SSSR count). The van der Waals surface area contributed by atoms with Gasteiger partial charge in [0.1, 0.15) is 0 Å². The number of hydrogen-bond acceptors (Lipinski definition) is 2. The zero-order valence-electron chi connectivity index (χ0n) is 10.6. The van der Waals surface area contributed by atoms with Gasteiger partial charge in [-0.3, -0.25) is 4.79 Å². The lowest BCUT2D eigenvalue weighted by molar-refractivity contribution is -0.148. The first-order valence-electron chi connectivity index (χ1n) is 5.75. The van der Waals surface area contributed by atoms with Gasteiger partial charge in [-0.2, -0.15) is 0 Å². The number of rotatable bonds is 5. The van der Waals surface area contributed by atoms with E-state index in [4.69, 9.17) is 9.84 Å². The highest BCUT2D eigenvalue weighted by molar-refractivity contribution is 5.71. The van der Waals surface area contributed by atoms with Gasteiger partial charge in [-0.25, -0.2) is 0 Å². The molecule has 0 bridgehead atoms. The Hall–Kier alpha value is -1.35. The molecule has 0 fully saturated rings. The molecule has 0 saturated carbocycles. The molecule has 0 aromatic heterocycles. The molecule has 1 N–H and O–H groups in total. The summed E-state index contributed by atoms with van der Waals surface area (Å²) >= 11 is 0. The number of aliphatic carboxylic acids is 1. The van der Waals surface area contributed by atoms with Crippen molar-refractivity contribution in [3.8, 4) is 0 Å². The predicted molar refractivity (Wildman–Crippen MR) is 66.7 cm³/mol. The van der Waals surface area contributed by atoms with Crippen molar-refractivity contribution < 1.29 is 14.6 Å². The Balaban J connectivity index is 2.46. The van der Waals surface area contributed by atoms with E-state index in [-0.39, 0.29) is 12.0 Å². The van der Waals surface area contributed by atoms with Gasteiger partial charge in [0.15, 0.2) is 0 Å². The molecule has 0 spiro atoms. The summed E-state index contributed by atoms with van der Waals surface area (Å²) in [5, 5.41) is 9.13. The number of carbonyl (C=O) groups is 1. The van der Waals surface area contributed by atoms with Crippen molar-refractivity contribution in [1.29, 1.82) is 0 Å². The van der Waals surface area contributed by atoms with Gasteiger partial charge in [-0.15, -0.1) is 0 Å². The third-order valence-corrected chi connectivity index (χ3v) is 2.74. The van der Waals surface area contributed by atoms with Crippen molar-refractivity contribution in [2.75, 3.05) is 6.61 Å². The number of carboxylic acids is 1. The highest BCUT2D eigenvalue weighted by atomic mass is 16.5. The molecule has 3 heteroatoms. The monoisotopic (exact) mass is 236 g/mol. The van der Waals surface area contributed by atoms with Crippen LogP contribution < -0.4 is 0 Å². The van der Waals surface area contributed by atoms with E-state index in [1.54, 1.807) is 0 Å². The average Bonchev–Trinajstić information content (AvgIpc) is 2.23. The lowest BCUT2D eigenvalue weighted by Gasteiger charge is -2.26. The van der Waals surface area contributed by atoms with Gasteiger partial charge >= 0.3 is 5.97 Å². The first-order chi connectivity index (χ1) is 7.91. The number of ether oxygens (including phenoxy) is 1. The molecule has 0 aliphatic rings. The summed E-state index contributed by atoms with van der Waals surface area (Å²) in [6, 6.07) is 9.76. The minimum Gasteiger partial charge on any atom is -0.481 e. The van der Waals surface area contributed by atoms with Crippen LogP contribution >= 0.6 is 0 Å². The molecule has 0 aliphatic heterocycles. The molecule has 0 radical (unpaired) electrons. The Kier molecular flexibility index (Phi) is 4.70. The SMILES string of the molecule is CC(C)(C)C(COCc1ccccc1)C(=O)O. The van der Waals surface area contributed by atoms with E-state index >= 15 is 0 Å². The second-order valence-electron chi connectivity index (χ2n) is 5.26. The predicted octanol–water partition coefficient (Wildman–Crippen LogP) is 2.95. The van der Waals surface area contributed by atoms with E-state index in [0.717, 1.165) is 5.56 Å². The first kappa shape index (κ1) is 13.7. The van der Waals surface area contributed by atoms with Crippen LogP contribution in [-0.2, 0) is 16.1 Å². The molecule has 0 amide bonds. The van der Waals surface area contributed by atoms with Gasteiger partial charge in [0, 0.05) is 0 Å². The summed E-state index contributed by atoms with van der Waals surface area (Å²) in [5.41, 5.74) is 0.772. The van der Waals surface area contributed by atoms with Crippen LogP contribution in [0.15, 0.2) is 30.3 Å². The van der Waals surface area contributed by atoms with Crippen LogP contribution in [0.25, 0.3) is 0 Å². The smallest absolute Gasteiger partial charge is 0.309 e. The molecule has 1 aromatic rings. The van der Waals surface area contributed by atoms with Crippen molar-refractivity contribution >= 4 is 5.97 Å². The molecule has 17 heavy (non-hydrogen) atoms. The quantitative estimate of drug-likeness (QED) is 0.855. The molecule has 1 atom stereocenters. The van der Waals surface area contributed by atoms with Gasteiger partial charge in [-0.05, 0) is 11.0 Å². The third-order valence-electron chi connectivity index (χ3n) is 2.74. The van der Waals surface area contributed by atoms with E-state index in [1.807, 2.05) is 51.1 Å². The summed E-state index contributed by atoms with van der Waals surface area (Å²) < 4.78 is 5.49.